The number of carbonyl (C=O) groups is 2. The summed E-state index contributed by atoms with van der Waals surface area (Å²) in [5, 5.41) is 4.47. The Balaban J connectivity index is 2.83. The number of hydrogen-bond acceptors (Lipinski definition) is 7. The Morgan fingerprint density at radius 2 is 1.91 bits per heavy atom. The van der Waals surface area contributed by atoms with Crippen molar-refractivity contribution in [2.45, 2.75) is 26.7 Å². The number of nitrogens with one attached hydrogen (secondary N) is 1. The fraction of sp³-hybridized carbons (Fsp3) is 0.400. The first-order valence-electron chi connectivity index (χ1n) is 7.18. The van der Waals surface area contributed by atoms with E-state index >= 15 is 0 Å². The van der Waals surface area contributed by atoms with Crippen molar-refractivity contribution in [1.82, 2.24) is 0 Å². The number of hydrazone groups is 1. The zero-order chi connectivity index (χ0) is 17.2. The summed E-state index contributed by atoms with van der Waals surface area (Å²) < 4.78 is 9.75. The van der Waals surface area contributed by atoms with Crippen LogP contribution in [0.5, 0.6) is 0 Å². The molecule has 1 aromatic carbocycles. The predicted octanol–water partition coefficient (Wildman–Crippen LogP) is 2.60. The van der Waals surface area contributed by atoms with Crippen LogP contribution < -0.4 is 11.2 Å². The maximum atomic E-state index is 11.9. The molecule has 0 bridgehead atoms. The molecular formula is C15H20ClN3O4. The van der Waals surface area contributed by atoms with Crippen LogP contribution in [0.3, 0.4) is 0 Å². The summed E-state index contributed by atoms with van der Waals surface area (Å²) in [4.78, 5) is 23.3. The molecule has 0 unspecified atom stereocenters. The number of carbonyl (C=O) groups excluding carboxylic acids is 2. The molecule has 1 rings (SSSR count). The van der Waals surface area contributed by atoms with Crippen LogP contribution in [-0.2, 0) is 19.1 Å². The third-order valence-corrected chi connectivity index (χ3v) is 2.94. The first kappa shape index (κ1) is 18.8. The third kappa shape index (κ3) is 6.56. The van der Waals surface area contributed by atoms with Crippen LogP contribution >= 0.6 is 11.6 Å². The number of ether oxygens (including phenoxy) is 2. The van der Waals surface area contributed by atoms with E-state index in [9.17, 15) is 9.59 Å². The molecule has 0 saturated heterocycles. The lowest BCUT2D eigenvalue weighted by molar-refractivity contribution is -0.142. The van der Waals surface area contributed by atoms with Crippen LogP contribution in [0.2, 0.25) is 5.02 Å². The number of halogens is 1. The minimum absolute atomic E-state index is 0.0260. The molecule has 126 valence electrons. The molecule has 0 atom stereocenters. The van der Waals surface area contributed by atoms with E-state index in [0.29, 0.717) is 16.4 Å². The Kier molecular flexibility index (Phi) is 7.90. The van der Waals surface area contributed by atoms with Gasteiger partial charge in [0.15, 0.2) is 0 Å². The summed E-state index contributed by atoms with van der Waals surface area (Å²) in [5.41, 5.74) is 9.41. The molecule has 0 saturated carbocycles. The van der Waals surface area contributed by atoms with E-state index in [1.54, 1.807) is 32.0 Å². The third-order valence-electron chi connectivity index (χ3n) is 2.71. The second kappa shape index (κ2) is 9.68. The lowest BCUT2D eigenvalue weighted by Crippen LogP contribution is -2.20. The van der Waals surface area contributed by atoms with E-state index in [2.05, 4.69) is 10.5 Å². The highest BCUT2D eigenvalue weighted by atomic mass is 35.5. The number of hydrogen-bond donors (Lipinski definition) is 2. The summed E-state index contributed by atoms with van der Waals surface area (Å²) in [6.07, 6.45) is 0.114. The van der Waals surface area contributed by atoms with Gasteiger partial charge >= 0.3 is 11.9 Å². The van der Waals surface area contributed by atoms with Crippen LogP contribution in [0.15, 0.2) is 23.3 Å². The molecule has 0 aliphatic carbocycles. The van der Waals surface area contributed by atoms with Crippen molar-refractivity contribution >= 4 is 40.6 Å². The molecule has 0 amide bonds. The molecule has 0 heterocycles. The van der Waals surface area contributed by atoms with E-state index < -0.39 is 11.9 Å². The second-order valence-corrected chi connectivity index (χ2v) is 4.86. The molecule has 0 fully saturated rings. The predicted molar refractivity (Wildman–Crippen MR) is 89.4 cm³/mol. The highest BCUT2D eigenvalue weighted by Gasteiger charge is 2.15. The Hall–Kier alpha value is -2.28. The Bertz CT molecular complexity index is 590. The van der Waals surface area contributed by atoms with Gasteiger partial charge in [-0.2, -0.15) is 5.10 Å². The van der Waals surface area contributed by atoms with Crippen molar-refractivity contribution in [3.8, 4) is 0 Å². The maximum absolute atomic E-state index is 11.9. The van der Waals surface area contributed by atoms with Gasteiger partial charge in [-0.05, 0) is 32.0 Å². The molecule has 0 aromatic heterocycles. The summed E-state index contributed by atoms with van der Waals surface area (Å²) in [6, 6.07) is 4.83. The number of nitrogens with two attached hydrogens (primary N) is 1. The molecule has 0 aliphatic heterocycles. The van der Waals surface area contributed by atoms with Crippen molar-refractivity contribution in [2.24, 2.45) is 5.10 Å². The van der Waals surface area contributed by atoms with Gasteiger partial charge in [-0.3, -0.25) is 10.2 Å². The van der Waals surface area contributed by atoms with Crippen LogP contribution in [0.1, 0.15) is 26.7 Å². The lowest BCUT2D eigenvalue weighted by atomic mass is 10.2. The summed E-state index contributed by atoms with van der Waals surface area (Å²) in [7, 11) is 0. The van der Waals surface area contributed by atoms with Gasteiger partial charge in [0.05, 0.1) is 31.0 Å². The summed E-state index contributed by atoms with van der Waals surface area (Å²) in [5.74, 6) is -1.02. The Morgan fingerprint density at radius 3 is 2.57 bits per heavy atom. The van der Waals surface area contributed by atoms with Crippen molar-refractivity contribution in [2.75, 3.05) is 24.4 Å². The summed E-state index contributed by atoms with van der Waals surface area (Å²) >= 11 is 5.89. The first-order valence-corrected chi connectivity index (χ1v) is 7.56. The van der Waals surface area contributed by atoms with Gasteiger partial charge in [0, 0.05) is 11.4 Å². The summed E-state index contributed by atoms with van der Waals surface area (Å²) in [6.45, 7) is 3.88. The van der Waals surface area contributed by atoms with E-state index in [4.69, 9.17) is 26.8 Å². The average Bonchev–Trinajstić information content (AvgIpc) is 2.51. The number of nitrogens with zero attached hydrogens (tertiary/aromatic N) is 1. The van der Waals surface area contributed by atoms with Gasteiger partial charge in [0.2, 0.25) is 0 Å². The van der Waals surface area contributed by atoms with Crippen molar-refractivity contribution < 1.29 is 19.1 Å². The Labute approximate surface area is 139 Å². The SMILES string of the molecule is CCOC(=O)CC/C(=N\Nc1cc(Cl)ccc1N)C(=O)OCC. The second-order valence-electron chi connectivity index (χ2n) is 4.43. The monoisotopic (exact) mass is 341 g/mol. The topological polar surface area (TPSA) is 103 Å². The fourth-order valence-electron chi connectivity index (χ4n) is 1.62. The van der Waals surface area contributed by atoms with E-state index in [-0.39, 0.29) is 31.8 Å². The molecule has 0 aliphatic rings. The number of rotatable bonds is 8. The quantitative estimate of drug-likeness (QED) is 0.326. The molecule has 8 heteroatoms. The molecule has 3 N–H and O–H groups in total. The lowest BCUT2D eigenvalue weighted by Gasteiger charge is -2.09. The van der Waals surface area contributed by atoms with Gasteiger partial charge in [-0.25, -0.2) is 4.79 Å². The highest BCUT2D eigenvalue weighted by Crippen LogP contribution is 2.22. The molecular weight excluding hydrogens is 322 g/mol. The number of esters is 2. The maximum Gasteiger partial charge on any atom is 0.354 e. The molecule has 0 spiro atoms. The first-order chi connectivity index (χ1) is 11.0. The van der Waals surface area contributed by atoms with Crippen molar-refractivity contribution in [3.05, 3.63) is 23.2 Å². The van der Waals surface area contributed by atoms with Gasteiger partial charge in [-0.1, -0.05) is 11.6 Å². The van der Waals surface area contributed by atoms with Gasteiger partial charge in [0.1, 0.15) is 5.71 Å². The molecule has 23 heavy (non-hydrogen) atoms. The van der Waals surface area contributed by atoms with E-state index in [0.717, 1.165) is 0 Å². The van der Waals surface area contributed by atoms with Crippen molar-refractivity contribution in [3.63, 3.8) is 0 Å². The number of benzene rings is 1. The average molecular weight is 342 g/mol. The van der Waals surface area contributed by atoms with Gasteiger partial charge in [0.25, 0.3) is 0 Å². The Morgan fingerprint density at radius 1 is 1.22 bits per heavy atom. The number of anilines is 2. The fourth-order valence-corrected chi connectivity index (χ4v) is 1.80. The van der Waals surface area contributed by atoms with Gasteiger partial charge < -0.3 is 15.2 Å². The molecule has 1 aromatic rings. The van der Waals surface area contributed by atoms with Crippen LogP contribution in [0.4, 0.5) is 11.4 Å². The van der Waals surface area contributed by atoms with Crippen molar-refractivity contribution in [1.29, 1.82) is 0 Å². The number of nitrogen functional groups attached to an aromatic ring is 1. The zero-order valence-corrected chi connectivity index (χ0v) is 13.9. The van der Waals surface area contributed by atoms with Gasteiger partial charge in [-0.15, -0.1) is 0 Å². The highest BCUT2D eigenvalue weighted by molar-refractivity contribution is 6.36. The zero-order valence-electron chi connectivity index (χ0n) is 13.1. The smallest absolute Gasteiger partial charge is 0.354 e. The van der Waals surface area contributed by atoms with E-state index in [1.807, 2.05) is 0 Å². The minimum atomic E-state index is -0.607. The van der Waals surface area contributed by atoms with Crippen LogP contribution in [0, 0.1) is 0 Å². The molecule has 0 radical (unpaired) electrons. The normalized spacial score (nSPS) is 11.0. The van der Waals surface area contributed by atoms with Crippen LogP contribution in [-0.4, -0.2) is 30.9 Å². The molecule has 7 nitrogen and oxygen atoms in total. The standard InChI is InChI=1S/C15H20ClN3O4/c1-3-22-14(20)8-7-12(15(21)23-4-2)18-19-13-9-10(16)5-6-11(13)17/h5-6,9,19H,3-4,7-8,17H2,1-2H3/b18-12+. The largest absolute Gasteiger partial charge is 0.466 e. The van der Waals surface area contributed by atoms with Crippen LogP contribution in [0.25, 0.3) is 0 Å². The minimum Gasteiger partial charge on any atom is -0.466 e. The van der Waals surface area contributed by atoms with E-state index in [1.165, 1.54) is 0 Å².